The Morgan fingerprint density at radius 1 is 0.600 bits per heavy atom. The van der Waals surface area contributed by atoms with Gasteiger partial charge in [-0.1, -0.05) is 0 Å². The summed E-state index contributed by atoms with van der Waals surface area (Å²) in [5.74, 6) is 0. The smallest absolute Gasteiger partial charge is 0 e. The second-order valence-electron chi connectivity index (χ2n) is 0. The zero-order valence-electron chi connectivity index (χ0n) is 2.01. The van der Waals surface area contributed by atoms with Gasteiger partial charge in [0.1, 0.15) is 0 Å². The predicted molar refractivity (Wildman–Crippen MR) is 25.4 cm³/mol. The molecule has 0 radical (unpaired) electrons. The molecule has 0 spiro atoms. The average Bonchev–Trinajstić information content (AvgIpc) is 0. The van der Waals surface area contributed by atoms with Crippen LogP contribution in [0.3, 0.4) is 0 Å². The molecule has 0 saturated heterocycles. The summed E-state index contributed by atoms with van der Waals surface area (Å²) in [6.45, 7) is 0. The van der Waals surface area contributed by atoms with Crippen LogP contribution in [-0.4, -0.2) is 5.48 Å². The molecule has 0 rings (SSSR count). The maximum atomic E-state index is 0. The molecule has 5 heteroatoms. The number of halogens is 3. The van der Waals surface area contributed by atoms with Crippen LogP contribution >= 0.6 is 37.2 Å². The third-order valence-corrected chi connectivity index (χ3v) is 0. The molecule has 0 aliphatic carbocycles. The molecule has 2 N–H and O–H groups in total. The first-order valence-electron chi connectivity index (χ1n) is 0. The minimum absolute atomic E-state index is 0. The standard InChI is InChI=1S/3ClH.Er.H2O/h3*1H;;1H2. The normalized spacial score (nSPS) is 0. The van der Waals surface area contributed by atoms with E-state index in [4.69, 9.17) is 0 Å². The number of rotatable bonds is 0. The largest absolute Gasteiger partial charge is 0.412 e. The fraction of sp³-hybridized carbons (Fsp3) is 0. The fourth-order valence-corrected chi connectivity index (χ4v) is 0. The Morgan fingerprint density at radius 2 is 0.600 bits per heavy atom. The van der Waals surface area contributed by atoms with Crippen LogP contribution in [0, 0.1) is 37.3 Å². The molecule has 44 valence electrons. The minimum Gasteiger partial charge on any atom is -0.412 e. The molecule has 0 aromatic heterocycles. The Balaban J connectivity index is 0. The van der Waals surface area contributed by atoms with Crippen LogP contribution in [0.5, 0.6) is 0 Å². The molecule has 0 aliphatic rings. The average molecular weight is 295 g/mol. The molecule has 0 saturated carbocycles. The maximum absolute atomic E-state index is 0. The van der Waals surface area contributed by atoms with Gasteiger partial charge in [0, 0.05) is 37.3 Å². The third-order valence-electron chi connectivity index (χ3n) is 0. The first-order chi connectivity index (χ1) is 0. The number of hydrogen-bond acceptors (Lipinski definition) is 0. The van der Waals surface area contributed by atoms with Gasteiger partial charge in [-0.3, -0.25) is 0 Å². The molecule has 0 bridgehead atoms. The maximum Gasteiger partial charge on any atom is 0 e. The van der Waals surface area contributed by atoms with Crippen molar-refractivity contribution in [3.8, 4) is 0 Å². The van der Waals surface area contributed by atoms with E-state index in [2.05, 4.69) is 0 Å². The van der Waals surface area contributed by atoms with Crippen molar-refractivity contribution in [1.82, 2.24) is 0 Å². The van der Waals surface area contributed by atoms with Gasteiger partial charge in [0.25, 0.3) is 0 Å². The second kappa shape index (κ2) is 36.3. The summed E-state index contributed by atoms with van der Waals surface area (Å²) in [5.41, 5.74) is 0. The monoisotopic (exact) mass is 292 g/mol. The molecule has 5 heavy (non-hydrogen) atoms. The van der Waals surface area contributed by atoms with Crippen molar-refractivity contribution >= 4 is 37.2 Å². The van der Waals surface area contributed by atoms with Crippen molar-refractivity contribution in [3.63, 3.8) is 0 Å². The minimum atomic E-state index is 0. The molecule has 0 aromatic carbocycles. The van der Waals surface area contributed by atoms with E-state index in [0.29, 0.717) is 0 Å². The molecule has 0 aromatic rings. The SMILES string of the molecule is Cl.Cl.Cl.O.[Er]. The molecular weight excluding hydrogens is 290 g/mol. The zero-order valence-corrected chi connectivity index (χ0v) is 6.32. The van der Waals surface area contributed by atoms with E-state index in [1.807, 2.05) is 0 Å². The summed E-state index contributed by atoms with van der Waals surface area (Å²) in [6.07, 6.45) is 0. The second-order valence-corrected chi connectivity index (χ2v) is 0. The summed E-state index contributed by atoms with van der Waals surface area (Å²) >= 11 is 0. The van der Waals surface area contributed by atoms with Gasteiger partial charge in [-0.2, -0.15) is 0 Å². The molecule has 0 atom stereocenters. The van der Waals surface area contributed by atoms with E-state index in [0.717, 1.165) is 0 Å². The van der Waals surface area contributed by atoms with Crippen molar-refractivity contribution in [1.29, 1.82) is 0 Å². The summed E-state index contributed by atoms with van der Waals surface area (Å²) in [6, 6.07) is 0. The van der Waals surface area contributed by atoms with Crippen LogP contribution < -0.4 is 0 Å². The van der Waals surface area contributed by atoms with Gasteiger partial charge in [0.05, 0.1) is 0 Å². The van der Waals surface area contributed by atoms with E-state index in [1.165, 1.54) is 0 Å². The van der Waals surface area contributed by atoms with Crippen LogP contribution in [0.1, 0.15) is 0 Å². The predicted octanol–water partition coefficient (Wildman–Crippen LogP) is 0.441. The van der Waals surface area contributed by atoms with Crippen LogP contribution in [0.25, 0.3) is 0 Å². The van der Waals surface area contributed by atoms with Crippen molar-refractivity contribution in [3.05, 3.63) is 0 Å². The van der Waals surface area contributed by atoms with Gasteiger partial charge < -0.3 is 5.48 Å². The van der Waals surface area contributed by atoms with Crippen molar-refractivity contribution in [2.75, 3.05) is 0 Å². The van der Waals surface area contributed by atoms with Crippen LogP contribution in [0.2, 0.25) is 0 Å². The molecule has 0 unspecified atom stereocenters. The molecule has 0 amide bonds. The van der Waals surface area contributed by atoms with E-state index in [9.17, 15) is 0 Å². The Bertz CT molecular complexity index is 6.85. The molecular formula is H5Cl3ErO. The Kier molecular flexibility index (Phi) is 440. The van der Waals surface area contributed by atoms with Crippen LogP contribution in [-0.2, 0) is 0 Å². The fourth-order valence-electron chi connectivity index (χ4n) is 0. The molecule has 1 nitrogen and oxygen atoms in total. The van der Waals surface area contributed by atoms with Gasteiger partial charge in [-0.25, -0.2) is 0 Å². The summed E-state index contributed by atoms with van der Waals surface area (Å²) in [4.78, 5) is 0. The van der Waals surface area contributed by atoms with Crippen LogP contribution in [0.4, 0.5) is 0 Å². The van der Waals surface area contributed by atoms with Crippen molar-refractivity contribution < 1.29 is 42.8 Å². The van der Waals surface area contributed by atoms with Gasteiger partial charge in [0.2, 0.25) is 0 Å². The summed E-state index contributed by atoms with van der Waals surface area (Å²) < 4.78 is 0. The summed E-state index contributed by atoms with van der Waals surface area (Å²) in [5, 5.41) is 0. The Labute approximate surface area is 79.0 Å². The topological polar surface area (TPSA) is 31.5 Å². The Hall–Kier alpha value is 2.08. The summed E-state index contributed by atoms with van der Waals surface area (Å²) in [7, 11) is 0. The Morgan fingerprint density at radius 3 is 0.600 bits per heavy atom. The first kappa shape index (κ1) is 60.6. The van der Waals surface area contributed by atoms with Crippen molar-refractivity contribution in [2.24, 2.45) is 0 Å². The van der Waals surface area contributed by atoms with Gasteiger partial charge >= 0.3 is 0 Å². The third kappa shape index (κ3) is 23.4. The molecule has 0 heterocycles. The van der Waals surface area contributed by atoms with Gasteiger partial charge in [-0.05, 0) is 0 Å². The van der Waals surface area contributed by atoms with Gasteiger partial charge in [-0.15, -0.1) is 37.2 Å². The van der Waals surface area contributed by atoms with Gasteiger partial charge in [0.15, 0.2) is 0 Å². The van der Waals surface area contributed by atoms with E-state index in [-0.39, 0.29) is 80.0 Å². The molecule has 0 aliphatic heterocycles. The zero-order chi connectivity index (χ0) is 0. The quantitative estimate of drug-likeness (QED) is 0.621. The van der Waals surface area contributed by atoms with E-state index >= 15 is 0 Å². The van der Waals surface area contributed by atoms with E-state index < -0.39 is 0 Å². The van der Waals surface area contributed by atoms with Crippen LogP contribution in [0.15, 0.2) is 0 Å². The number of hydrogen-bond donors (Lipinski definition) is 0. The van der Waals surface area contributed by atoms with Crippen molar-refractivity contribution in [2.45, 2.75) is 0 Å². The first-order valence-corrected chi connectivity index (χ1v) is 0. The van der Waals surface area contributed by atoms with E-state index in [1.54, 1.807) is 0 Å². The molecule has 0 fully saturated rings.